The minimum Gasteiger partial charge on any atom is -0.492 e. The van der Waals surface area contributed by atoms with Crippen LogP contribution in [0.5, 0.6) is 5.75 Å². The summed E-state index contributed by atoms with van der Waals surface area (Å²) < 4.78 is 20.5. The van der Waals surface area contributed by atoms with Crippen molar-refractivity contribution >= 4 is 27.5 Å². The Morgan fingerprint density at radius 2 is 1.96 bits per heavy atom. The summed E-state index contributed by atoms with van der Waals surface area (Å²) in [5, 5.41) is 9.23. The molecule has 7 nitrogen and oxygen atoms in total. The number of carbonyl (C=O) groups is 1. The van der Waals surface area contributed by atoms with Crippen molar-refractivity contribution in [3.8, 4) is 5.75 Å². The third kappa shape index (κ3) is 3.18. The van der Waals surface area contributed by atoms with Crippen LogP contribution in [-0.2, 0) is 13.6 Å². The molecule has 9 heteroatoms. The van der Waals surface area contributed by atoms with Gasteiger partial charge in [-0.15, -0.1) is 11.3 Å². The van der Waals surface area contributed by atoms with Crippen molar-refractivity contribution in [2.75, 3.05) is 6.61 Å². The first-order valence-electron chi connectivity index (χ1n) is 7.23. The Morgan fingerprint density at radius 3 is 2.60 bits per heavy atom. The number of carboxylic acids is 1. The number of nitrogens with zero attached hydrogens (tertiary/aromatic N) is 2. The summed E-state index contributed by atoms with van der Waals surface area (Å²) in [5.41, 5.74) is -1.12. The van der Waals surface area contributed by atoms with Crippen LogP contribution >= 0.6 is 11.3 Å². The standard InChI is InChI=1S/C16H13FN2O5S/c1-18-14-11(8-12(25-14)15(21)22)13(20)19(16(18)23)6-7-24-10-4-2-9(17)3-5-10/h2-5,8H,6-7H2,1H3,(H,21,22). The fourth-order valence-electron chi connectivity index (χ4n) is 2.37. The molecule has 130 valence electrons. The van der Waals surface area contributed by atoms with E-state index in [-0.39, 0.29) is 23.4 Å². The number of thiophene rings is 1. The lowest BCUT2D eigenvalue weighted by molar-refractivity contribution is 0.0702. The third-order valence-corrected chi connectivity index (χ3v) is 4.82. The van der Waals surface area contributed by atoms with E-state index in [9.17, 15) is 18.8 Å². The van der Waals surface area contributed by atoms with E-state index in [1.165, 1.54) is 41.9 Å². The van der Waals surface area contributed by atoms with Crippen molar-refractivity contribution in [1.82, 2.24) is 9.13 Å². The summed E-state index contributed by atoms with van der Waals surface area (Å²) >= 11 is 0.874. The summed E-state index contributed by atoms with van der Waals surface area (Å²) in [6.07, 6.45) is 0. The Kier molecular flexibility index (Phi) is 4.41. The van der Waals surface area contributed by atoms with Gasteiger partial charge < -0.3 is 9.84 Å². The molecule has 0 amide bonds. The number of carboxylic acid groups (broad SMARTS) is 1. The van der Waals surface area contributed by atoms with Gasteiger partial charge in [-0.1, -0.05) is 0 Å². The monoisotopic (exact) mass is 364 g/mol. The molecular weight excluding hydrogens is 351 g/mol. The Morgan fingerprint density at radius 1 is 1.28 bits per heavy atom. The Bertz CT molecular complexity index is 1070. The van der Waals surface area contributed by atoms with Gasteiger partial charge in [-0.05, 0) is 30.3 Å². The van der Waals surface area contributed by atoms with E-state index in [0.717, 1.165) is 15.9 Å². The summed E-state index contributed by atoms with van der Waals surface area (Å²) in [4.78, 5) is 36.2. The highest BCUT2D eigenvalue weighted by atomic mass is 32.1. The smallest absolute Gasteiger partial charge is 0.345 e. The number of aromatic carboxylic acids is 1. The van der Waals surface area contributed by atoms with Crippen LogP contribution in [-0.4, -0.2) is 26.8 Å². The second-order valence-corrected chi connectivity index (χ2v) is 6.27. The van der Waals surface area contributed by atoms with Gasteiger partial charge in [0, 0.05) is 7.05 Å². The van der Waals surface area contributed by atoms with Crippen LogP contribution in [0.3, 0.4) is 0 Å². The second kappa shape index (κ2) is 6.52. The first-order chi connectivity index (χ1) is 11.9. The molecule has 0 spiro atoms. The van der Waals surface area contributed by atoms with E-state index in [0.29, 0.717) is 10.6 Å². The number of halogens is 1. The maximum absolute atomic E-state index is 12.8. The van der Waals surface area contributed by atoms with Crippen molar-refractivity contribution < 1.29 is 19.0 Å². The predicted octanol–water partition coefficient (Wildman–Crippen LogP) is 1.68. The number of hydrogen-bond acceptors (Lipinski definition) is 5. The maximum Gasteiger partial charge on any atom is 0.345 e. The van der Waals surface area contributed by atoms with Crippen molar-refractivity contribution in [2.24, 2.45) is 7.05 Å². The Hall–Kier alpha value is -2.94. The van der Waals surface area contributed by atoms with E-state index < -0.39 is 23.0 Å². The Balaban J connectivity index is 1.90. The van der Waals surface area contributed by atoms with Crippen LogP contribution in [0.15, 0.2) is 39.9 Å². The fraction of sp³-hybridized carbons (Fsp3) is 0.188. The molecule has 0 aliphatic rings. The topological polar surface area (TPSA) is 90.5 Å². The van der Waals surface area contributed by atoms with Gasteiger partial charge in [0.2, 0.25) is 0 Å². The number of ether oxygens (including phenoxy) is 1. The lowest BCUT2D eigenvalue weighted by Crippen LogP contribution is -2.39. The van der Waals surface area contributed by atoms with Gasteiger partial charge in [-0.2, -0.15) is 0 Å². The minimum absolute atomic E-state index is 0.0117. The molecule has 0 radical (unpaired) electrons. The zero-order valence-electron chi connectivity index (χ0n) is 13.1. The van der Waals surface area contributed by atoms with Gasteiger partial charge in [-0.25, -0.2) is 14.0 Å². The second-order valence-electron chi connectivity index (χ2n) is 5.24. The van der Waals surface area contributed by atoms with Gasteiger partial charge in [0.05, 0.1) is 11.9 Å². The molecule has 1 N–H and O–H groups in total. The molecule has 1 aromatic carbocycles. The molecule has 0 fully saturated rings. The van der Waals surface area contributed by atoms with E-state index in [1.807, 2.05) is 0 Å². The number of benzene rings is 1. The van der Waals surface area contributed by atoms with Crippen molar-refractivity contribution in [3.63, 3.8) is 0 Å². The molecule has 2 heterocycles. The van der Waals surface area contributed by atoms with Crippen LogP contribution in [0.4, 0.5) is 4.39 Å². The molecule has 0 saturated heterocycles. The molecular formula is C16H13FN2O5S. The predicted molar refractivity (Wildman–Crippen MR) is 90.2 cm³/mol. The molecule has 0 aliphatic heterocycles. The van der Waals surface area contributed by atoms with Gasteiger partial charge >= 0.3 is 11.7 Å². The molecule has 3 rings (SSSR count). The van der Waals surface area contributed by atoms with Crippen LogP contribution in [0.25, 0.3) is 10.2 Å². The molecule has 3 aromatic rings. The molecule has 0 bridgehead atoms. The highest BCUT2D eigenvalue weighted by Gasteiger charge is 2.17. The number of aryl methyl sites for hydroxylation is 1. The van der Waals surface area contributed by atoms with Gasteiger partial charge in [0.1, 0.15) is 27.9 Å². The van der Waals surface area contributed by atoms with E-state index in [2.05, 4.69) is 0 Å². The highest BCUT2D eigenvalue weighted by Crippen LogP contribution is 2.21. The lowest BCUT2D eigenvalue weighted by atomic mass is 10.3. The summed E-state index contributed by atoms with van der Waals surface area (Å²) in [6, 6.07) is 6.63. The van der Waals surface area contributed by atoms with E-state index >= 15 is 0 Å². The van der Waals surface area contributed by atoms with Crippen molar-refractivity contribution in [3.05, 3.63) is 61.9 Å². The van der Waals surface area contributed by atoms with Crippen LogP contribution in [0.2, 0.25) is 0 Å². The largest absolute Gasteiger partial charge is 0.492 e. The van der Waals surface area contributed by atoms with Crippen LogP contribution < -0.4 is 16.0 Å². The number of aromatic nitrogens is 2. The molecule has 0 atom stereocenters. The molecule has 2 aromatic heterocycles. The Labute approximate surface area is 144 Å². The minimum atomic E-state index is -1.15. The molecule has 25 heavy (non-hydrogen) atoms. The first-order valence-corrected chi connectivity index (χ1v) is 8.05. The van der Waals surface area contributed by atoms with E-state index in [4.69, 9.17) is 9.84 Å². The van der Waals surface area contributed by atoms with E-state index in [1.54, 1.807) is 0 Å². The van der Waals surface area contributed by atoms with Crippen LogP contribution in [0, 0.1) is 5.82 Å². The quantitative estimate of drug-likeness (QED) is 0.744. The lowest BCUT2D eigenvalue weighted by Gasteiger charge is -2.09. The highest BCUT2D eigenvalue weighted by molar-refractivity contribution is 7.20. The van der Waals surface area contributed by atoms with Gasteiger partial charge in [0.15, 0.2) is 0 Å². The summed E-state index contributed by atoms with van der Waals surface area (Å²) in [7, 11) is 1.48. The zero-order valence-corrected chi connectivity index (χ0v) is 13.9. The fourth-order valence-corrected chi connectivity index (χ4v) is 3.32. The molecule has 0 aliphatic carbocycles. The number of hydrogen-bond donors (Lipinski definition) is 1. The third-order valence-electron chi connectivity index (χ3n) is 3.62. The summed E-state index contributed by atoms with van der Waals surface area (Å²) in [5.74, 6) is -1.13. The number of fused-ring (bicyclic) bond motifs is 1. The van der Waals surface area contributed by atoms with Gasteiger partial charge in [0.25, 0.3) is 5.56 Å². The van der Waals surface area contributed by atoms with Gasteiger partial charge in [-0.3, -0.25) is 13.9 Å². The van der Waals surface area contributed by atoms with Crippen molar-refractivity contribution in [1.29, 1.82) is 0 Å². The SMILES string of the molecule is Cn1c(=O)n(CCOc2ccc(F)cc2)c(=O)c2cc(C(=O)O)sc21. The zero-order chi connectivity index (χ0) is 18.1. The molecule has 0 unspecified atom stereocenters. The normalized spacial score (nSPS) is 11.0. The average Bonchev–Trinajstić information content (AvgIpc) is 3.04. The van der Waals surface area contributed by atoms with Crippen LogP contribution in [0.1, 0.15) is 9.67 Å². The average molecular weight is 364 g/mol. The first kappa shape index (κ1) is 16.9. The molecule has 0 saturated carbocycles. The summed E-state index contributed by atoms with van der Waals surface area (Å²) in [6.45, 7) is 0.0132. The number of rotatable bonds is 5. The van der Waals surface area contributed by atoms with Crippen molar-refractivity contribution in [2.45, 2.75) is 6.54 Å². The maximum atomic E-state index is 12.8.